The summed E-state index contributed by atoms with van der Waals surface area (Å²) in [5.74, 6) is 0. The highest BCUT2D eigenvalue weighted by Crippen LogP contribution is 1.99. The monoisotopic (exact) mass is 248 g/mol. The largest absolute Gasteiger partial charge is 0.391 e. The molecule has 0 aliphatic carbocycles. The number of piperazine rings is 1. The van der Waals surface area contributed by atoms with Gasteiger partial charge in [-0.3, -0.25) is 0 Å². The molecule has 1 aliphatic heterocycles. The molecule has 3 N–H and O–H groups in total. The highest BCUT2D eigenvalue weighted by molar-refractivity contribution is 5.48. The number of rotatable bonds is 5. The SMILES string of the molecule is OCC[NH+]1CC[NH+](C/C=C/c2ccccc2)CC1. The van der Waals surface area contributed by atoms with Gasteiger partial charge in [0.1, 0.15) is 32.7 Å². The molecule has 0 bridgehead atoms. The Balaban J connectivity index is 1.71. The Morgan fingerprint density at radius 1 is 1.00 bits per heavy atom. The summed E-state index contributed by atoms with van der Waals surface area (Å²) in [7, 11) is 0. The van der Waals surface area contributed by atoms with Crippen LogP contribution in [0.1, 0.15) is 5.56 Å². The van der Waals surface area contributed by atoms with Gasteiger partial charge in [0.05, 0.1) is 13.2 Å². The lowest BCUT2D eigenvalue weighted by atomic mass is 10.2. The molecule has 1 fully saturated rings. The maximum Gasteiger partial charge on any atom is 0.127 e. The second kappa shape index (κ2) is 7.31. The van der Waals surface area contributed by atoms with Gasteiger partial charge in [-0.25, -0.2) is 0 Å². The third-order valence-corrected chi connectivity index (χ3v) is 3.65. The van der Waals surface area contributed by atoms with Crippen LogP contribution in [-0.4, -0.2) is 51.0 Å². The molecule has 3 heteroatoms. The second-order valence-corrected chi connectivity index (χ2v) is 4.99. The molecule has 98 valence electrons. The molecule has 0 atom stereocenters. The Hall–Kier alpha value is -1.16. The van der Waals surface area contributed by atoms with Gasteiger partial charge in [-0.1, -0.05) is 36.4 Å². The van der Waals surface area contributed by atoms with Crippen molar-refractivity contribution in [2.75, 3.05) is 45.9 Å². The maximum absolute atomic E-state index is 8.91. The molecular formula is C15H24N2O+2. The number of nitrogens with one attached hydrogen (secondary N) is 2. The van der Waals surface area contributed by atoms with Gasteiger partial charge in [0, 0.05) is 0 Å². The standard InChI is InChI=1S/C15H22N2O/c18-14-13-17-11-9-16(10-12-17)8-4-7-15-5-2-1-3-6-15/h1-7,18H,8-14H2/p+2/b7-4+. The van der Waals surface area contributed by atoms with Crippen LogP contribution in [0.5, 0.6) is 0 Å². The fraction of sp³-hybridized carbons (Fsp3) is 0.467. The molecule has 1 aliphatic rings. The van der Waals surface area contributed by atoms with Crippen LogP contribution >= 0.6 is 0 Å². The summed E-state index contributed by atoms with van der Waals surface area (Å²) in [6, 6.07) is 10.5. The maximum atomic E-state index is 8.91. The van der Waals surface area contributed by atoms with Crippen LogP contribution in [0.4, 0.5) is 0 Å². The molecule has 1 aromatic rings. The minimum atomic E-state index is 0.318. The summed E-state index contributed by atoms with van der Waals surface area (Å²) in [5.41, 5.74) is 1.28. The van der Waals surface area contributed by atoms with Crippen molar-refractivity contribution in [1.82, 2.24) is 0 Å². The van der Waals surface area contributed by atoms with Crippen LogP contribution < -0.4 is 9.80 Å². The van der Waals surface area contributed by atoms with Gasteiger partial charge in [-0.15, -0.1) is 0 Å². The van der Waals surface area contributed by atoms with Crippen molar-refractivity contribution in [1.29, 1.82) is 0 Å². The van der Waals surface area contributed by atoms with Crippen LogP contribution in [0.3, 0.4) is 0 Å². The Bertz CT molecular complexity index is 356. The molecule has 0 aromatic heterocycles. The highest BCUT2D eigenvalue weighted by atomic mass is 16.3. The number of quaternary nitrogens is 2. The molecule has 0 amide bonds. The summed E-state index contributed by atoms with van der Waals surface area (Å²) in [4.78, 5) is 3.21. The van der Waals surface area contributed by atoms with E-state index >= 15 is 0 Å². The van der Waals surface area contributed by atoms with Gasteiger partial charge in [0.15, 0.2) is 0 Å². The molecule has 2 rings (SSSR count). The predicted molar refractivity (Wildman–Crippen MR) is 73.7 cm³/mol. The number of hydrogen-bond donors (Lipinski definition) is 3. The van der Waals surface area contributed by atoms with Crippen molar-refractivity contribution in [3.63, 3.8) is 0 Å². The molecular weight excluding hydrogens is 224 g/mol. The molecule has 0 radical (unpaired) electrons. The van der Waals surface area contributed by atoms with Gasteiger partial charge in [-0.05, 0) is 11.6 Å². The van der Waals surface area contributed by atoms with Crippen molar-refractivity contribution in [2.24, 2.45) is 0 Å². The van der Waals surface area contributed by atoms with Crippen LogP contribution in [0.2, 0.25) is 0 Å². The first kappa shape index (κ1) is 13.3. The van der Waals surface area contributed by atoms with Gasteiger partial charge in [-0.2, -0.15) is 0 Å². The van der Waals surface area contributed by atoms with Crippen molar-refractivity contribution >= 4 is 6.08 Å². The van der Waals surface area contributed by atoms with E-state index in [1.54, 1.807) is 9.80 Å². The molecule has 1 saturated heterocycles. The average molecular weight is 248 g/mol. The normalized spacial score (nSPS) is 24.5. The zero-order valence-electron chi connectivity index (χ0n) is 10.9. The van der Waals surface area contributed by atoms with Crippen LogP contribution in [-0.2, 0) is 0 Å². The number of hydrogen-bond acceptors (Lipinski definition) is 1. The fourth-order valence-electron chi connectivity index (χ4n) is 2.50. The average Bonchev–Trinajstić information content (AvgIpc) is 2.42. The van der Waals surface area contributed by atoms with Crippen LogP contribution in [0, 0.1) is 0 Å². The number of benzene rings is 1. The number of aliphatic hydroxyl groups is 1. The number of aliphatic hydroxyl groups excluding tert-OH is 1. The zero-order valence-corrected chi connectivity index (χ0v) is 10.9. The van der Waals surface area contributed by atoms with E-state index in [2.05, 4.69) is 36.4 Å². The lowest BCUT2D eigenvalue weighted by Crippen LogP contribution is -3.28. The second-order valence-electron chi connectivity index (χ2n) is 4.99. The third kappa shape index (κ3) is 4.26. The topological polar surface area (TPSA) is 29.1 Å². The van der Waals surface area contributed by atoms with E-state index in [1.807, 2.05) is 6.07 Å². The van der Waals surface area contributed by atoms with Gasteiger partial charge in [0.25, 0.3) is 0 Å². The van der Waals surface area contributed by atoms with E-state index in [9.17, 15) is 0 Å². The smallest absolute Gasteiger partial charge is 0.127 e. The third-order valence-electron chi connectivity index (χ3n) is 3.65. The predicted octanol–water partition coefficient (Wildman–Crippen LogP) is -1.52. The molecule has 0 saturated carbocycles. The molecule has 18 heavy (non-hydrogen) atoms. The summed E-state index contributed by atoms with van der Waals surface area (Å²) >= 11 is 0. The fourth-order valence-corrected chi connectivity index (χ4v) is 2.50. The Morgan fingerprint density at radius 2 is 1.67 bits per heavy atom. The first-order chi connectivity index (χ1) is 8.88. The van der Waals surface area contributed by atoms with Crippen molar-refractivity contribution in [3.05, 3.63) is 42.0 Å². The van der Waals surface area contributed by atoms with E-state index in [4.69, 9.17) is 5.11 Å². The first-order valence-electron chi connectivity index (χ1n) is 6.88. The summed E-state index contributed by atoms with van der Waals surface area (Å²) in [5, 5.41) is 8.91. The lowest BCUT2D eigenvalue weighted by Gasteiger charge is -2.28. The quantitative estimate of drug-likeness (QED) is 0.580. The Morgan fingerprint density at radius 3 is 2.33 bits per heavy atom. The van der Waals surface area contributed by atoms with Gasteiger partial charge >= 0.3 is 0 Å². The minimum absolute atomic E-state index is 0.318. The molecule has 0 spiro atoms. The van der Waals surface area contributed by atoms with Crippen molar-refractivity contribution in [3.8, 4) is 0 Å². The molecule has 3 nitrogen and oxygen atoms in total. The van der Waals surface area contributed by atoms with Crippen molar-refractivity contribution < 1.29 is 14.9 Å². The summed E-state index contributed by atoms with van der Waals surface area (Å²) in [6.07, 6.45) is 4.49. The Kier molecular flexibility index (Phi) is 5.39. The molecule has 1 heterocycles. The molecule has 1 aromatic carbocycles. The minimum Gasteiger partial charge on any atom is -0.391 e. The Labute approximate surface area is 109 Å². The van der Waals surface area contributed by atoms with Crippen LogP contribution in [0.25, 0.3) is 6.08 Å². The summed E-state index contributed by atoms with van der Waals surface area (Å²) in [6.45, 7) is 7.15. The van der Waals surface area contributed by atoms with Gasteiger partial charge in [0.2, 0.25) is 0 Å². The van der Waals surface area contributed by atoms with Crippen molar-refractivity contribution in [2.45, 2.75) is 0 Å². The van der Waals surface area contributed by atoms with E-state index < -0.39 is 0 Å². The first-order valence-corrected chi connectivity index (χ1v) is 6.88. The van der Waals surface area contributed by atoms with Gasteiger partial charge < -0.3 is 14.9 Å². The van der Waals surface area contributed by atoms with Crippen LogP contribution in [0.15, 0.2) is 36.4 Å². The summed E-state index contributed by atoms with van der Waals surface area (Å²) < 4.78 is 0. The lowest BCUT2D eigenvalue weighted by molar-refractivity contribution is -1.01. The van der Waals surface area contributed by atoms with E-state index in [-0.39, 0.29) is 0 Å². The van der Waals surface area contributed by atoms with E-state index in [0.717, 1.165) is 13.1 Å². The van der Waals surface area contributed by atoms with E-state index in [0.29, 0.717) is 6.61 Å². The van der Waals surface area contributed by atoms with E-state index in [1.165, 1.54) is 31.7 Å². The zero-order chi connectivity index (χ0) is 12.6. The molecule has 0 unspecified atom stereocenters. The highest BCUT2D eigenvalue weighted by Gasteiger charge is 2.20.